The summed E-state index contributed by atoms with van der Waals surface area (Å²) in [6, 6.07) is 117. The molecule has 4 heterocycles. The van der Waals surface area contributed by atoms with Crippen molar-refractivity contribution in [3.8, 4) is 17.5 Å². The summed E-state index contributed by atoms with van der Waals surface area (Å²) in [4.78, 5) is 18.6. The van der Waals surface area contributed by atoms with E-state index in [4.69, 9.17) is 9.97 Å². The van der Waals surface area contributed by atoms with E-state index >= 15 is 0 Å². The fourth-order valence-corrected chi connectivity index (χ4v) is 13.3. The monoisotopic (exact) mass is 1130 g/mol. The molecule has 0 radical (unpaired) electrons. The molecule has 0 aliphatic heterocycles. The quantitative estimate of drug-likeness (QED) is 0.122. The van der Waals surface area contributed by atoms with Gasteiger partial charge in [-0.05, 0) is 164 Å². The Labute approximate surface area is 508 Å². The molecule has 414 valence electrons. The normalized spacial score (nSPS) is 11.6. The number of rotatable bonds is 12. The highest BCUT2D eigenvalue weighted by Gasteiger charge is 2.25. The molecule has 4 aromatic heterocycles. The van der Waals surface area contributed by atoms with E-state index in [1.807, 2.05) is 0 Å². The minimum Gasteiger partial charge on any atom is -0.310 e. The Hall–Kier alpha value is -12.0. The molecule has 17 aromatic rings. The van der Waals surface area contributed by atoms with Gasteiger partial charge in [-0.3, -0.25) is 9.13 Å². The SMILES string of the molecule is c1ccc(N(c2ccc3nc(-n4c5ccccc5c5cc(N(c6ccccc6)c6ccccc6)ccc54)nc(-n4c5ccccc5c5cc(N(c6ccccc6)c6ccccc6)ccc54)c3c2)c2ccc3c(c2)c2ccccc2n3-c2ccccc2)cc1. The first-order chi connectivity index (χ1) is 43.7. The van der Waals surface area contributed by atoms with Crippen molar-refractivity contribution in [1.29, 1.82) is 0 Å². The van der Waals surface area contributed by atoms with Crippen LogP contribution in [0.5, 0.6) is 0 Å². The Kier molecular flexibility index (Phi) is 12.0. The van der Waals surface area contributed by atoms with Crippen molar-refractivity contribution in [2.45, 2.75) is 0 Å². The average molecular weight is 1130 g/mol. The second-order valence-electron chi connectivity index (χ2n) is 22.2. The van der Waals surface area contributed by atoms with E-state index in [1.54, 1.807) is 0 Å². The summed E-state index contributed by atoms with van der Waals surface area (Å²) in [5.74, 6) is 1.33. The maximum Gasteiger partial charge on any atom is 0.237 e. The summed E-state index contributed by atoms with van der Waals surface area (Å²) in [6.45, 7) is 0. The van der Waals surface area contributed by atoms with Crippen LogP contribution in [0.15, 0.2) is 328 Å². The number of para-hydroxylation sites is 9. The lowest BCUT2D eigenvalue weighted by atomic mass is 10.1. The van der Waals surface area contributed by atoms with Crippen LogP contribution in [-0.2, 0) is 0 Å². The number of hydrogen-bond donors (Lipinski definition) is 0. The fraction of sp³-hybridized carbons (Fsp3) is 0. The van der Waals surface area contributed by atoms with Crippen LogP contribution in [0.25, 0.3) is 93.8 Å². The van der Waals surface area contributed by atoms with Crippen molar-refractivity contribution < 1.29 is 0 Å². The molecule has 0 atom stereocenters. The van der Waals surface area contributed by atoms with Gasteiger partial charge in [0.05, 0.1) is 38.6 Å². The third-order valence-electron chi connectivity index (χ3n) is 17.1. The zero-order valence-corrected chi connectivity index (χ0v) is 47.8. The molecule has 8 nitrogen and oxygen atoms in total. The van der Waals surface area contributed by atoms with Gasteiger partial charge in [-0.25, -0.2) is 4.98 Å². The minimum atomic E-state index is 0.569. The molecule has 17 rings (SSSR count). The van der Waals surface area contributed by atoms with Gasteiger partial charge in [0, 0.05) is 94.6 Å². The van der Waals surface area contributed by atoms with Crippen LogP contribution in [0.2, 0.25) is 0 Å². The Balaban J connectivity index is 0.913. The first-order valence-corrected chi connectivity index (χ1v) is 29.8. The van der Waals surface area contributed by atoms with Gasteiger partial charge in [0.1, 0.15) is 0 Å². The Bertz CT molecular complexity index is 5370. The van der Waals surface area contributed by atoms with E-state index in [0.717, 1.165) is 128 Å². The topological polar surface area (TPSA) is 50.3 Å². The lowest BCUT2D eigenvalue weighted by Gasteiger charge is -2.26. The summed E-state index contributed by atoms with van der Waals surface area (Å²) in [5, 5.41) is 7.68. The first-order valence-electron chi connectivity index (χ1n) is 29.8. The molecule has 0 aliphatic rings. The van der Waals surface area contributed by atoms with Crippen molar-refractivity contribution in [2.24, 2.45) is 0 Å². The number of fused-ring (bicyclic) bond motifs is 10. The highest BCUT2D eigenvalue weighted by Crippen LogP contribution is 2.45. The van der Waals surface area contributed by atoms with Gasteiger partial charge >= 0.3 is 0 Å². The minimum absolute atomic E-state index is 0.569. The Morgan fingerprint density at radius 2 is 0.500 bits per heavy atom. The summed E-state index contributed by atoms with van der Waals surface area (Å²) >= 11 is 0. The van der Waals surface area contributed by atoms with Gasteiger partial charge in [-0.2, -0.15) is 4.98 Å². The van der Waals surface area contributed by atoms with Crippen LogP contribution in [0.4, 0.5) is 51.2 Å². The van der Waals surface area contributed by atoms with Crippen LogP contribution in [0.1, 0.15) is 0 Å². The fourth-order valence-electron chi connectivity index (χ4n) is 13.3. The largest absolute Gasteiger partial charge is 0.310 e. The van der Waals surface area contributed by atoms with Gasteiger partial charge in [0.15, 0.2) is 5.82 Å². The first kappa shape index (κ1) is 50.5. The molecule has 0 bridgehead atoms. The molecule has 13 aromatic carbocycles. The molecule has 0 spiro atoms. The maximum atomic E-state index is 5.92. The lowest BCUT2D eigenvalue weighted by molar-refractivity contribution is 0.972. The van der Waals surface area contributed by atoms with Crippen molar-refractivity contribution in [3.63, 3.8) is 0 Å². The Morgan fingerprint density at radius 1 is 0.205 bits per heavy atom. The molecule has 0 amide bonds. The zero-order chi connectivity index (χ0) is 58.1. The van der Waals surface area contributed by atoms with Gasteiger partial charge in [-0.15, -0.1) is 0 Å². The molecular weight excluding hydrogens is 1070 g/mol. The molecule has 0 aliphatic carbocycles. The molecular formula is C80H54N8. The average Bonchev–Trinajstić information content (AvgIpc) is 1.87. The molecule has 8 heteroatoms. The van der Waals surface area contributed by atoms with Gasteiger partial charge in [0.2, 0.25) is 5.95 Å². The van der Waals surface area contributed by atoms with Crippen molar-refractivity contribution in [3.05, 3.63) is 328 Å². The van der Waals surface area contributed by atoms with E-state index in [2.05, 4.69) is 356 Å². The molecule has 0 unspecified atom stereocenters. The zero-order valence-electron chi connectivity index (χ0n) is 47.8. The van der Waals surface area contributed by atoms with E-state index in [-0.39, 0.29) is 0 Å². The van der Waals surface area contributed by atoms with Gasteiger partial charge in [-0.1, -0.05) is 164 Å². The molecule has 0 saturated carbocycles. The van der Waals surface area contributed by atoms with Crippen molar-refractivity contribution in [1.82, 2.24) is 23.7 Å². The predicted molar refractivity (Wildman–Crippen MR) is 367 cm³/mol. The second-order valence-corrected chi connectivity index (χ2v) is 22.2. The number of benzene rings is 13. The van der Waals surface area contributed by atoms with Crippen LogP contribution < -0.4 is 14.7 Å². The Morgan fingerprint density at radius 3 is 0.920 bits per heavy atom. The maximum absolute atomic E-state index is 5.92. The number of hydrogen-bond acceptors (Lipinski definition) is 5. The third kappa shape index (κ3) is 8.37. The molecule has 0 N–H and O–H groups in total. The summed E-state index contributed by atoms with van der Waals surface area (Å²) in [5.41, 5.74) is 17.7. The molecule has 0 saturated heterocycles. The van der Waals surface area contributed by atoms with Crippen molar-refractivity contribution >= 4 is 128 Å². The molecule has 0 fully saturated rings. The standard InChI is InChI=1S/C80H54N8/c1-7-25-55(26-8-1)83(56-27-9-2-10-28-56)62-45-49-77-69(51-62)66-38-20-23-41-74(66)87(77)79-71-54-61(85(59-33-15-5-16-34-59)64-44-48-76-68(53-64)65-37-19-22-40-73(65)86(76)60-35-17-6-18-36-60)43-47-72(71)81-80(82-79)88-75-42-24-21-39-67(75)70-52-63(46-50-78(70)88)84(57-29-11-3-12-30-57)58-31-13-4-14-32-58/h1-54H. The number of nitrogens with zero attached hydrogens (tertiary/aromatic N) is 8. The van der Waals surface area contributed by atoms with Crippen LogP contribution in [0.3, 0.4) is 0 Å². The number of aromatic nitrogens is 5. The summed E-state index contributed by atoms with van der Waals surface area (Å²) in [7, 11) is 0. The third-order valence-corrected chi connectivity index (χ3v) is 17.1. The number of anilines is 9. The van der Waals surface area contributed by atoms with E-state index in [1.165, 1.54) is 10.8 Å². The van der Waals surface area contributed by atoms with E-state index < -0.39 is 0 Å². The van der Waals surface area contributed by atoms with E-state index in [9.17, 15) is 0 Å². The van der Waals surface area contributed by atoms with Gasteiger partial charge in [0.25, 0.3) is 0 Å². The smallest absolute Gasteiger partial charge is 0.237 e. The summed E-state index contributed by atoms with van der Waals surface area (Å²) < 4.78 is 6.98. The predicted octanol–water partition coefficient (Wildman–Crippen LogP) is 21.3. The van der Waals surface area contributed by atoms with Crippen molar-refractivity contribution in [2.75, 3.05) is 14.7 Å². The second kappa shape index (κ2) is 21.0. The molecule has 88 heavy (non-hydrogen) atoms. The van der Waals surface area contributed by atoms with Crippen LogP contribution in [0, 0.1) is 0 Å². The highest BCUT2D eigenvalue weighted by atomic mass is 15.2. The summed E-state index contributed by atoms with van der Waals surface area (Å²) in [6.07, 6.45) is 0. The van der Waals surface area contributed by atoms with Gasteiger partial charge < -0.3 is 19.3 Å². The van der Waals surface area contributed by atoms with Crippen LogP contribution >= 0.6 is 0 Å². The van der Waals surface area contributed by atoms with E-state index in [0.29, 0.717) is 5.95 Å². The highest BCUT2D eigenvalue weighted by molar-refractivity contribution is 6.14. The van der Waals surface area contributed by atoms with Crippen LogP contribution in [-0.4, -0.2) is 23.7 Å². The lowest BCUT2D eigenvalue weighted by Crippen LogP contribution is -2.11.